The van der Waals surface area contributed by atoms with Crippen molar-refractivity contribution in [2.24, 2.45) is 0 Å². The van der Waals surface area contributed by atoms with Gasteiger partial charge in [-0.1, -0.05) is 0 Å². The minimum absolute atomic E-state index is 0.184. The van der Waals surface area contributed by atoms with E-state index in [1.54, 1.807) is 4.72 Å². The Morgan fingerprint density at radius 1 is 1.33 bits per heavy atom. The molecule has 2 fully saturated rings. The number of nitrogens with one attached hydrogen (secondary N) is 1. The Hall–Kier alpha value is -1.91. The number of phenolic OH excluding ortho intramolecular Hbond substituents is 1. The highest BCUT2D eigenvalue weighted by molar-refractivity contribution is 7.92. The van der Waals surface area contributed by atoms with E-state index < -0.39 is 39.9 Å². The van der Waals surface area contributed by atoms with Crippen molar-refractivity contribution in [3.05, 3.63) is 23.5 Å². The summed E-state index contributed by atoms with van der Waals surface area (Å²) in [7, 11) is -4.18. The Labute approximate surface area is 158 Å². The quantitative estimate of drug-likeness (QED) is 0.767. The van der Waals surface area contributed by atoms with Crippen LogP contribution in [0.5, 0.6) is 5.75 Å². The number of amides is 1. The lowest BCUT2D eigenvalue weighted by Crippen LogP contribution is -2.37. The maximum atomic E-state index is 14.5. The van der Waals surface area contributed by atoms with Crippen molar-refractivity contribution in [3.8, 4) is 5.75 Å². The van der Waals surface area contributed by atoms with Crippen molar-refractivity contribution >= 4 is 21.8 Å². The standard InChI is InChI=1S/C17H24FN3O5S/c1-11(2)26-13-3-5-20(6-4-13)9-12-7-14(18)17(15(22)8-12)21-10-16(23)19-27(21,24)25/h7-8,11,13,22H,3-6,9-10H2,1-2H3,(H,19,23). The molecule has 2 aliphatic rings. The summed E-state index contributed by atoms with van der Waals surface area (Å²) in [6.45, 7) is 5.46. The van der Waals surface area contributed by atoms with Crippen LogP contribution in [0, 0.1) is 5.82 Å². The number of hydrogen-bond acceptors (Lipinski definition) is 6. The van der Waals surface area contributed by atoms with Crippen molar-refractivity contribution < 1.29 is 27.4 Å². The van der Waals surface area contributed by atoms with Crippen LogP contribution >= 0.6 is 0 Å². The van der Waals surface area contributed by atoms with E-state index in [2.05, 4.69) is 4.90 Å². The first kappa shape index (κ1) is 19.8. The van der Waals surface area contributed by atoms with Crippen LogP contribution in [0.25, 0.3) is 0 Å². The zero-order valence-corrected chi connectivity index (χ0v) is 16.1. The summed E-state index contributed by atoms with van der Waals surface area (Å²) < 4.78 is 46.4. The Balaban J connectivity index is 1.70. The Morgan fingerprint density at radius 3 is 2.52 bits per heavy atom. The van der Waals surface area contributed by atoms with Crippen LogP contribution in [0.15, 0.2) is 12.1 Å². The Morgan fingerprint density at radius 2 is 2.00 bits per heavy atom. The average Bonchev–Trinajstić information content (AvgIpc) is 2.80. The fraction of sp³-hybridized carbons (Fsp3) is 0.588. The third-order valence-electron chi connectivity index (χ3n) is 4.58. The lowest BCUT2D eigenvalue weighted by Gasteiger charge is -2.33. The summed E-state index contributed by atoms with van der Waals surface area (Å²) in [5.41, 5.74) is 0.0222. The highest BCUT2D eigenvalue weighted by Gasteiger charge is 2.37. The van der Waals surface area contributed by atoms with Crippen LogP contribution in [-0.2, 0) is 26.3 Å². The van der Waals surface area contributed by atoms with E-state index in [1.807, 2.05) is 13.8 Å². The van der Waals surface area contributed by atoms with Gasteiger partial charge in [0.25, 0.3) is 5.91 Å². The zero-order valence-electron chi connectivity index (χ0n) is 15.3. The van der Waals surface area contributed by atoms with Gasteiger partial charge in [-0.15, -0.1) is 0 Å². The molecule has 0 radical (unpaired) electrons. The molecule has 0 aliphatic carbocycles. The molecular formula is C17H24FN3O5S. The molecule has 27 heavy (non-hydrogen) atoms. The predicted molar refractivity (Wildman–Crippen MR) is 97.0 cm³/mol. The molecule has 2 saturated heterocycles. The van der Waals surface area contributed by atoms with E-state index in [9.17, 15) is 22.7 Å². The first-order chi connectivity index (χ1) is 12.7. The van der Waals surface area contributed by atoms with Gasteiger partial charge in [-0.25, -0.2) is 13.4 Å². The summed E-state index contributed by atoms with van der Waals surface area (Å²) >= 11 is 0. The smallest absolute Gasteiger partial charge is 0.326 e. The van der Waals surface area contributed by atoms with E-state index in [4.69, 9.17) is 4.74 Å². The number of benzene rings is 1. The molecule has 8 nitrogen and oxygen atoms in total. The normalized spacial score (nSPS) is 21.0. The van der Waals surface area contributed by atoms with Gasteiger partial charge in [-0.2, -0.15) is 8.42 Å². The highest BCUT2D eigenvalue weighted by Crippen LogP contribution is 2.35. The number of piperidine rings is 1. The minimum atomic E-state index is -4.18. The average molecular weight is 401 g/mol. The fourth-order valence-electron chi connectivity index (χ4n) is 3.47. The van der Waals surface area contributed by atoms with E-state index >= 15 is 0 Å². The van der Waals surface area contributed by atoms with Crippen molar-refractivity contribution in [2.75, 3.05) is 23.9 Å². The van der Waals surface area contributed by atoms with Crippen molar-refractivity contribution in [1.82, 2.24) is 9.62 Å². The molecule has 0 bridgehead atoms. The second-order valence-corrected chi connectivity index (χ2v) is 8.74. The van der Waals surface area contributed by atoms with Gasteiger partial charge >= 0.3 is 10.2 Å². The summed E-state index contributed by atoms with van der Waals surface area (Å²) in [6.07, 6.45) is 2.16. The van der Waals surface area contributed by atoms with Gasteiger partial charge in [-0.3, -0.25) is 9.69 Å². The number of nitrogens with zero attached hydrogens (tertiary/aromatic N) is 2. The number of ether oxygens (including phenoxy) is 1. The van der Waals surface area contributed by atoms with Crippen LogP contribution in [0.1, 0.15) is 32.3 Å². The topological polar surface area (TPSA) is 99.2 Å². The molecule has 150 valence electrons. The number of hydrogen-bond donors (Lipinski definition) is 2. The maximum Gasteiger partial charge on any atom is 0.326 e. The predicted octanol–water partition coefficient (Wildman–Crippen LogP) is 1.10. The number of phenols is 1. The monoisotopic (exact) mass is 401 g/mol. The molecule has 1 aromatic carbocycles. The van der Waals surface area contributed by atoms with Gasteiger partial charge in [0.15, 0.2) is 5.82 Å². The lowest BCUT2D eigenvalue weighted by atomic mass is 10.1. The second-order valence-electron chi connectivity index (χ2n) is 7.14. The zero-order chi connectivity index (χ0) is 19.8. The van der Waals surface area contributed by atoms with Gasteiger partial charge in [0, 0.05) is 19.6 Å². The van der Waals surface area contributed by atoms with Gasteiger partial charge in [0.2, 0.25) is 0 Å². The molecule has 3 rings (SSSR count). The molecule has 0 unspecified atom stereocenters. The van der Waals surface area contributed by atoms with E-state index in [1.165, 1.54) is 12.1 Å². The number of anilines is 1. The van der Waals surface area contributed by atoms with Crippen LogP contribution in [0.4, 0.5) is 10.1 Å². The maximum absolute atomic E-state index is 14.5. The number of halogens is 1. The number of aromatic hydroxyl groups is 1. The largest absolute Gasteiger partial charge is 0.506 e. The molecular weight excluding hydrogens is 377 g/mol. The molecule has 2 N–H and O–H groups in total. The summed E-state index contributed by atoms with van der Waals surface area (Å²) in [5.74, 6) is -2.17. The van der Waals surface area contributed by atoms with Crippen LogP contribution in [-0.4, -0.2) is 56.2 Å². The first-order valence-corrected chi connectivity index (χ1v) is 10.3. The molecule has 2 heterocycles. The molecule has 2 aliphatic heterocycles. The fourth-order valence-corrected chi connectivity index (χ4v) is 4.64. The molecule has 0 atom stereocenters. The number of carbonyl (C=O) groups is 1. The van der Waals surface area contributed by atoms with Crippen LogP contribution in [0.2, 0.25) is 0 Å². The van der Waals surface area contributed by atoms with E-state index in [0.29, 0.717) is 16.4 Å². The Kier molecular flexibility index (Phi) is 5.59. The summed E-state index contributed by atoms with van der Waals surface area (Å²) in [4.78, 5) is 13.5. The number of rotatable bonds is 5. The molecule has 0 saturated carbocycles. The minimum Gasteiger partial charge on any atom is -0.506 e. The lowest BCUT2D eigenvalue weighted by molar-refractivity contribution is -0.117. The van der Waals surface area contributed by atoms with E-state index in [0.717, 1.165) is 25.9 Å². The second kappa shape index (κ2) is 7.61. The number of likely N-dealkylation sites (tertiary alicyclic amines) is 1. The number of carbonyl (C=O) groups excluding carboxylic acids is 1. The van der Waals surface area contributed by atoms with Gasteiger partial charge in [0.05, 0.1) is 12.2 Å². The van der Waals surface area contributed by atoms with Crippen LogP contribution < -0.4 is 9.03 Å². The Bertz CT molecular complexity index is 799. The highest BCUT2D eigenvalue weighted by atomic mass is 32.2. The third-order valence-corrected chi connectivity index (χ3v) is 5.96. The summed E-state index contributed by atoms with van der Waals surface area (Å²) in [5, 5.41) is 10.2. The SMILES string of the molecule is CC(C)OC1CCN(Cc2cc(O)c(N3CC(=O)NS3(=O)=O)c(F)c2)CC1. The van der Waals surface area contributed by atoms with Crippen molar-refractivity contribution in [2.45, 2.75) is 45.4 Å². The first-order valence-electron chi connectivity index (χ1n) is 8.88. The molecule has 10 heteroatoms. The van der Waals surface area contributed by atoms with Crippen molar-refractivity contribution in [1.29, 1.82) is 0 Å². The van der Waals surface area contributed by atoms with Gasteiger partial charge in [-0.05, 0) is 44.4 Å². The molecule has 1 aromatic rings. The molecule has 1 amide bonds. The summed E-state index contributed by atoms with van der Waals surface area (Å²) in [6, 6.07) is 2.54. The molecule has 0 aromatic heterocycles. The third kappa shape index (κ3) is 4.50. The van der Waals surface area contributed by atoms with Crippen molar-refractivity contribution in [3.63, 3.8) is 0 Å². The van der Waals surface area contributed by atoms with Crippen LogP contribution in [0.3, 0.4) is 0 Å². The van der Waals surface area contributed by atoms with Gasteiger partial charge < -0.3 is 9.84 Å². The van der Waals surface area contributed by atoms with Gasteiger partial charge in [0.1, 0.15) is 18.0 Å². The van der Waals surface area contributed by atoms with E-state index in [-0.39, 0.29) is 12.2 Å². The molecule has 0 spiro atoms.